The molecule has 0 unspecified atom stereocenters. The fourth-order valence-electron chi connectivity index (χ4n) is 5.25. The summed E-state index contributed by atoms with van der Waals surface area (Å²) in [4.78, 5) is 34.3. The number of hydrogen-bond donors (Lipinski definition) is 1. The van der Waals surface area contributed by atoms with Crippen molar-refractivity contribution < 1.29 is 19.1 Å². The van der Waals surface area contributed by atoms with Gasteiger partial charge < -0.3 is 24.3 Å². The van der Waals surface area contributed by atoms with E-state index < -0.39 is 12.1 Å². The van der Waals surface area contributed by atoms with Gasteiger partial charge >= 0.3 is 0 Å². The number of aromatic amines is 1. The number of nitrogens with zero attached hydrogens (tertiary/aromatic N) is 2. The molecular weight excluding hydrogens is 418 g/mol. The van der Waals surface area contributed by atoms with Crippen LogP contribution in [0, 0.1) is 0 Å². The zero-order valence-corrected chi connectivity index (χ0v) is 19.4. The number of benzene rings is 2. The normalized spacial score (nSPS) is 21.1. The van der Waals surface area contributed by atoms with Crippen molar-refractivity contribution in [3.63, 3.8) is 0 Å². The molecule has 0 spiro atoms. The van der Waals surface area contributed by atoms with E-state index in [9.17, 15) is 9.59 Å². The van der Waals surface area contributed by atoms with Crippen LogP contribution in [-0.4, -0.2) is 59.4 Å². The number of piperazine rings is 1. The number of para-hydroxylation sites is 1. The molecule has 1 fully saturated rings. The number of amides is 2. The van der Waals surface area contributed by atoms with Crippen LogP contribution in [0.25, 0.3) is 10.9 Å². The topological polar surface area (TPSA) is 74.9 Å². The van der Waals surface area contributed by atoms with Crippen molar-refractivity contribution in [2.24, 2.45) is 0 Å². The molecule has 1 N–H and O–H groups in total. The van der Waals surface area contributed by atoms with Gasteiger partial charge in [0, 0.05) is 40.7 Å². The van der Waals surface area contributed by atoms with Crippen LogP contribution < -0.4 is 9.47 Å². The number of carbonyl (C=O) groups is 2. The van der Waals surface area contributed by atoms with E-state index >= 15 is 0 Å². The number of methoxy groups -OCH3 is 2. The molecule has 0 bridgehead atoms. The summed E-state index contributed by atoms with van der Waals surface area (Å²) in [6, 6.07) is 12.7. The minimum atomic E-state index is -0.552. The molecule has 172 valence electrons. The molecule has 2 aromatic carbocycles. The summed E-state index contributed by atoms with van der Waals surface area (Å²) < 4.78 is 11.1. The summed E-state index contributed by atoms with van der Waals surface area (Å²) in [5.41, 5.74) is 3.85. The number of rotatable bonds is 5. The molecule has 3 aromatic rings. The lowest BCUT2D eigenvalue weighted by atomic mass is 9.85. The molecular formula is C26H29N3O4. The van der Waals surface area contributed by atoms with Crippen LogP contribution >= 0.6 is 0 Å². The smallest absolute Gasteiger partial charge is 0.246 e. The average molecular weight is 448 g/mol. The molecule has 7 heteroatoms. The molecule has 1 saturated heterocycles. The summed E-state index contributed by atoms with van der Waals surface area (Å²) in [6.45, 7) is 4.14. The van der Waals surface area contributed by atoms with E-state index in [2.05, 4.69) is 11.1 Å². The summed E-state index contributed by atoms with van der Waals surface area (Å²) >= 11 is 0. The van der Waals surface area contributed by atoms with E-state index in [0.717, 1.165) is 34.1 Å². The van der Waals surface area contributed by atoms with Crippen molar-refractivity contribution in [3.8, 4) is 11.5 Å². The quantitative estimate of drug-likeness (QED) is 0.648. The van der Waals surface area contributed by atoms with E-state index in [4.69, 9.17) is 9.47 Å². The molecule has 3 atom stereocenters. The first-order valence-electron chi connectivity index (χ1n) is 11.4. The van der Waals surface area contributed by atoms with Gasteiger partial charge in [-0.25, -0.2) is 0 Å². The van der Waals surface area contributed by atoms with Crippen molar-refractivity contribution in [2.45, 2.75) is 44.8 Å². The predicted molar refractivity (Wildman–Crippen MR) is 125 cm³/mol. The Labute approximate surface area is 193 Å². The van der Waals surface area contributed by atoms with Gasteiger partial charge in [0.2, 0.25) is 11.8 Å². The Balaban J connectivity index is 1.72. The summed E-state index contributed by atoms with van der Waals surface area (Å²) in [6.07, 6.45) is 1.30. The second-order valence-corrected chi connectivity index (χ2v) is 8.82. The van der Waals surface area contributed by atoms with Gasteiger partial charge in [-0.2, -0.15) is 0 Å². The first kappa shape index (κ1) is 21.4. The highest BCUT2D eigenvalue weighted by molar-refractivity contribution is 5.98. The lowest BCUT2D eigenvalue weighted by Crippen LogP contribution is -2.64. The molecule has 0 radical (unpaired) electrons. The highest BCUT2D eigenvalue weighted by Crippen LogP contribution is 2.45. The van der Waals surface area contributed by atoms with Crippen LogP contribution in [0.4, 0.5) is 0 Å². The fraction of sp³-hybridized carbons (Fsp3) is 0.385. The molecule has 1 aromatic heterocycles. The first-order valence-corrected chi connectivity index (χ1v) is 11.4. The number of H-pyrrole nitrogens is 1. The van der Waals surface area contributed by atoms with Crippen LogP contribution in [0.5, 0.6) is 11.5 Å². The van der Waals surface area contributed by atoms with Gasteiger partial charge in [0.15, 0.2) is 0 Å². The third-order valence-corrected chi connectivity index (χ3v) is 7.15. The Bertz CT molecular complexity index is 1230. The van der Waals surface area contributed by atoms with Crippen LogP contribution in [0.3, 0.4) is 0 Å². The predicted octanol–water partition coefficient (Wildman–Crippen LogP) is 3.67. The molecule has 0 aliphatic carbocycles. The SMILES string of the molecule is CC[C@@H](C)N1CC(=O)N2[C@@H](c3ccc(OC)cc3OC)c3[nH]c4ccccc4c3C[C@H]2C1=O. The maximum absolute atomic E-state index is 13.7. The summed E-state index contributed by atoms with van der Waals surface area (Å²) in [7, 11) is 3.22. The van der Waals surface area contributed by atoms with Gasteiger partial charge in [0.25, 0.3) is 0 Å². The van der Waals surface area contributed by atoms with Crippen LogP contribution in [0.2, 0.25) is 0 Å². The number of ether oxygens (including phenoxy) is 2. The van der Waals surface area contributed by atoms with Crippen LogP contribution in [0.1, 0.15) is 43.1 Å². The third kappa shape index (κ3) is 3.25. The van der Waals surface area contributed by atoms with Gasteiger partial charge in [-0.15, -0.1) is 0 Å². The van der Waals surface area contributed by atoms with Crippen molar-refractivity contribution in [2.75, 3.05) is 20.8 Å². The van der Waals surface area contributed by atoms with E-state index in [1.807, 2.05) is 50.2 Å². The monoisotopic (exact) mass is 447 g/mol. The zero-order valence-electron chi connectivity index (χ0n) is 19.4. The standard InChI is InChI=1S/C26H29N3O4/c1-5-15(2)28-14-23(30)29-21(26(28)31)13-19-17-8-6-7-9-20(17)27-24(19)25(29)18-11-10-16(32-3)12-22(18)33-4/h6-12,15,21,25,27H,5,13-14H2,1-4H3/t15-,21+,25+/m1/s1. The molecule has 2 amide bonds. The van der Waals surface area contributed by atoms with Gasteiger partial charge in [0.1, 0.15) is 30.1 Å². The number of hydrogen-bond acceptors (Lipinski definition) is 4. The Morgan fingerprint density at radius 3 is 2.64 bits per heavy atom. The number of carbonyl (C=O) groups excluding carboxylic acids is 2. The van der Waals surface area contributed by atoms with E-state index in [-0.39, 0.29) is 24.4 Å². The van der Waals surface area contributed by atoms with E-state index in [0.29, 0.717) is 17.9 Å². The highest BCUT2D eigenvalue weighted by atomic mass is 16.5. The van der Waals surface area contributed by atoms with Crippen molar-refractivity contribution >= 4 is 22.7 Å². The maximum atomic E-state index is 13.7. The van der Waals surface area contributed by atoms with Gasteiger partial charge in [-0.3, -0.25) is 9.59 Å². The molecule has 5 rings (SSSR count). The van der Waals surface area contributed by atoms with Crippen LogP contribution in [-0.2, 0) is 16.0 Å². The molecule has 3 heterocycles. The lowest BCUT2D eigenvalue weighted by molar-refractivity contribution is -0.160. The Morgan fingerprint density at radius 1 is 1.12 bits per heavy atom. The Morgan fingerprint density at radius 2 is 1.91 bits per heavy atom. The Kier molecular flexibility index (Phi) is 5.27. The van der Waals surface area contributed by atoms with E-state index in [1.54, 1.807) is 24.0 Å². The van der Waals surface area contributed by atoms with Gasteiger partial charge in [0.05, 0.1) is 14.2 Å². The summed E-state index contributed by atoms with van der Waals surface area (Å²) in [5.74, 6) is 1.25. The van der Waals surface area contributed by atoms with E-state index in [1.165, 1.54) is 0 Å². The second kappa shape index (κ2) is 8.14. The fourth-order valence-corrected chi connectivity index (χ4v) is 5.25. The second-order valence-electron chi connectivity index (χ2n) is 8.82. The van der Waals surface area contributed by atoms with Crippen molar-refractivity contribution in [1.29, 1.82) is 0 Å². The minimum absolute atomic E-state index is 0.0114. The zero-order chi connectivity index (χ0) is 23.3. The van der Waals surface area contributed by atoms with Crippen molar-refractivity contribution in [3.05, 3.63) is 59.3 Å². The maximum Gasteiger partial charge on any atom is 0.246 e. The Hall–Kier alpha value is -3.48. The molecule has 0 saturated carbocycles. The van der Waals surface area contributed by atoms with Crippen LogP contribution in [0.15, 0.2) is 42.5 Å². The third-order valence-electron chi connectivity index (χ3n) is 7.15. The van der Waals surface area contributed by atoms with Gasteiger partial charge in [-0.1, -0.05) is 25.1 Å². The number of fused-ring (bicyclic) bond motifs is 4. The van der Waals surface area contributed by atoms with Gasteiger partial charge in [-0.05, 0) is 37.1 Å². The largest absolute Gasteiger partial charge is 0.497 e. The molecule has 2 aliphatic rings. The average Bonchev–Trinajstić information content (AvgIpc) is 3.22. The molecule has 33 heavy (non-hydrogen) atoms. The lowest BCUT2D eigenvalue weighted by Gasteiger charge is -2.48. The first-order chi connectivity index (χ1) is 16.0. The number of aromatic nitrogens is 1. The highest BCUT2D eigenvalue weighted by Gasteiger charge is 2.49. The molecule has 2 aliphatic heterocycles. The number of nitrogens with one attached hydrogen (secondary N) is 1. The molecule has 7 nitrogen and oxygen atoms in total. The minimum Gasteiger partial charge on any atom is -0.497 e. The summed E-state index contributed by atoms with van der Waals surface area (Å²) in [5, 5.41) is 1.09. The van der Waals surface area contributed by atoms with Crippen molar-refractivity contribution in [1.82, 2.24) is 14.8 Å².